The first-order chi connectivity index (χ1) is 6.97. The number of carbonyl (C=O) groups is 1. The third-order valence-electron chi connectivity index (χ3n) is 2.01. The minimum absolute atomic E-state index is 0.0188. The van der Waals surface area contributed by atoms with E-state index in [1.807, 2.05) is 0 Å². The van der Waals surface area contributed by atoms with Gasteiger partial charge in [-0.3, -0.25) is 4.98 Å². The summed E-state index contributed by atoms with van der Waals surface area (Å²) in [6, 6.07) is 1.21. The molecule has 4 nitrogen and oxygen atoms in total. The van der Waals surface area contributed by atoms with Gasteiger partial charge in [-0.15, -0.1) is 0 Å². The summed E-state index contributed by atoms with van der Waals surface area (Å²) in [5.41, 5.74) is 4.67. The smallest absolute Gasteiger partial charge is 0.336 e. The van der Waals surface area contributed by atoms with Gasteiger partial charge in [0.2, 0.25) is 0 Å². The van der Waals surface area contributed by atoms with Crippen LogP contribution < -0.4 is 5.73 Å². The lowest BCUT2D eigenvalue weighted by Crippen LogP contribution is -2.10. The fourth-order valence-corrected chi connectivity index (χ4v) is 1.22. The van der Waals surface area contributed by atoms with E-state index in [1.54, 1.807) is 0 Å². The zero-order valence-corrected chi connectivity index (χ0v) is 8.00. The lowest BCUT2D eigenvalue weighted by atomic mass is 10.1. The van der Waals surface area contributed by atoms with Crippen molar-refractivity contribution in [1.29, 1.82) is 0 Å². The van der Waals surface area contributed by atoms with Gasteiger partial charge in [0.15, 0.2) is 0 Å². The van der Waals surface area contributed by atoms with E-state index in [0.717, 1.165) is 0 Å². The molecule has 0 aliphatic rings. The van der Waals surface area contributed by atoms with Crippen molar-refractivity contribution in [3.63, 3.8) is 0 Å². The van der Waals surface area contributed by atoms with Crippen LogP contribution in [0.25, 0.3) is 0 Å². The van der Waals surface area contributed by atoms with E-state index >= 15 is 0 Å². The first kappa shape index (κ1) is 11.5. The summed E-state index contributed by atoms with van der Waals surface area (Å²) in [5, 5.41) is 8.78. The van der Waals surface area contributed by atoms with E-state index in [0.29, 0.717) is 0 Å². The van der Waals surface area contributed by atoms with Gasteiger partial charge in [-0.2, -0.15) is 0 Å². The van der Waals surface area contributed by atoms with Gasteiger partial charge in [0, 0.05) is 6.54 Å². The van der Waals surface area contributed by atoms with Crippen LogP contribution in [0.5, 0.6) is 0 Å². The van der Waals surface area contributed by atoms with Crippen LogP contribution in [0.2, 0.25) is 0 Å². The fraction of sp³-hybridized carbons (Fsp3) is 0.333. The number of aromatic carboxylic acids is 1. The maximum Gasteiger partial charge on any atom is 0.336 e. The van der Waals surface area contributed by atoms with Crippen molar-refractivity contribution in [3.8, 4) is 0 Å². The zero-order chi connectivity index (χ0) is 11.6. The van der Waals surface area contributed by atoms with Crippen LogP contribution in [0.4, 0.5) is 8.78 Å². The number of rotatable bonds is 3. The Morgan fingerprint density at radius 2 is 2.27 bits per heavy atom. The Labute approximate surface area is 84.7 Å². The lowest BCUT2D eigenvalue weighted by molar-refractivity contribution is 0.0695. The molecular formula is C9H10F2N2O2. The van der Waals surface area contributed by atoms with Crippen molar-refractivity contribution in [2.24, 2.45) is 5.73 Å². The Balaban J connectivity index is 3.40. The molecule has 15 heavy (non-hydrogen) atoms. The van der Waals surface area contributed by atoms with Crippen molar-refractivity contribution >= 4 is 5.97 Å². The monoisotopic (exact) mass is 216 g/mol. The molecule has 6 heteroatoms. The van der Waals surface area contributed by atoms with Crippen molar-refractivity contribution in [1.82, 2.24) is 4.98 Å². The fourth-order valence-electron chi connectivity index (χ4n) is 1.22. The van der Waals surface area contributed by atoms with E-state index in [2.05, 4.69) is 4.98 Å². The number of carboxylic acid groups (broad SMARTS) is 1. The molecule has 0 unspecified atom stereocenters. The van der Waals surface area contributed by atoms with Crippen LogP contribution in [0.1, 0.15) is 33.7 Å². The normalized spacial score (nSPS) is 10.7. The van der Waals surface area contributed by atoms with Crippen LogP contribution in [0, 0.1) is 6.92 Å². The van der Waals surface area contributed by atoms with Crippen LogP contribution in [0.3, 0.4) is 0 Å². The highest BCUT2D eigenvalue weighted by Crippen LogP contribution is 2.23. The molecule has 0 saturated carbocycles. The van der Waals surface area contributed by atoms with Crippen molar-refractivity contribution in [2.75, 3.05) is 0 Å². The summed E-state index contributed by atoms with van der Waals surface area (Å²) in [5.74, 6) is -1.26. The standard InChI is InChI=1S/C9H10F2N2O2/c1-4-6(9(14)15)2-5(3-12)13-7(4)8(10)11/h2,8H,3,12H2,1H3,(H,14,15). The molecule has 3 N–H and O–H groups in total. The highest BCUT2D eigenvalue weighted by molar-refractivity contribution is 5.89. The topological polar surface area (TPSA) is 76.2 Å². The van der Waals surface area contributed by atoms with Gasteiger partial charge in [-0.05, 0) is 18.6 Å². The van der Waals surface area contributed by atoms with Gasteiger partial charge in [0.1, 0.15) is 5.69 Å². The maximum absolute atomic E-state index is 12.5. The number of alkyl halides is 2. The van der Waals surface area contributed by atoms with E-state index in [4.69, 9.17) is 10.8 Å². The Kier molecular flexibility index (Phi) is 3.31. The number of hydrogen-bond donors (Lipinski definition) is 2. The minimum atomic E-state index is -2.80. The molecule has 0 aliphatic carbocycles. The summed E-state index contributed by atoms with van der Waals surface area (Å²) >= 11 is 0. The average Bonchev–Trinajstić information content (AvgIpc) is 2.17. The van der Waals surface area contributed by atoms with Gasteiger partial charge < -0.3 is 10.8 Å². The third kappa shape index (κ3) is 2.27. The molecule has 0 aromatic carbocycles. The predicted octanol–water partition coefficient (Wildman–Crippen LogP) is 1.48. The predicted molar refractivity (Wildman–Crippen MR) is 48.8 cm³/mol. The number of carboxylic acids is 1. The summed E-state index contributed by atoms with van der Waals surface area (Å²) in [4.78, 5) is 14.3. The van der Waals surface area contributed by atoms with E-state index in [9.17, 15) is 13.6 Å². The second-order valence-electron chi connectivity index (χ2n) is 2.98. The highest BCUT2D eigenvalue weighted by Gasteiger charge is 2.19. The molecule has 1 aromatic heterocycles. The Morgan fingerprint density at radius 1 is 1.67 bits per heavy atom. The van der Waals surface area contributed by atoms with Gasteiger partial charge in [0.25, 0.3) is 6.43 Å². The number of aromatic nitrogens is 1. The molecule has 0 saturated heterocycles. The summed E-state index contributed by atoms with van der Waals surface area (Å²) < 4.78 is 25.0. The molecule has 0 atom stereocenters. The minimum Gasteiger partial charge on any atom is -0.478 e. The van der Waals surface area contributed by atoms with Gasteiger partial charge in [0.05, 0.1) is 11.3 Å². The van der Waals surface area contributed by atoms with E-state index in [1.165, 1.54) is 13.0 Å². The van der Waals surface area contributed by atoms with Crippen LogP contribution in [0.15, 0.2) is 6.07 Å². The number of pyridine rings is 1. The van der Waals surface area contributed by atoms with E-state index in [-0.39, 0.29) is 23.4 Å². The first-order valence-electron chi connectivity index (χ1n) is 4.19. The summed E-state index contributed by atoms with van der Waals surface area (Å²) in [6.45, 7) is 1.23. The van der Waals surface area contributed by atoms with Crippen LogP contribution in [-0.2, 0) is 6.54 Å². The second-order valence-corrected chi connectivity index (χ2v) is 2.98. The molecular weight excluding hydrogens is 206 g/mol. The van der Waals surface area contributed by atoms with Crippen LogP contribution in [-0.4, -0.2) is 16.1 Å². The quantitative estimate of drug-likeness (QED) is 0.802. The molecule has 1 aromatic rings. The Morgan fingerprint density at radius 3 is 2.67 bits per heavy atom. The Hall–Kier alpha value is -1.56. The molecule has 0 bridgehead atoms. The molecule has 1 rings (SSSR count). The van der Waals surface area contributed by atoms with E-state index < -0.39 is 18.1 Å². The number of halogens is 2. The van der Waals surface area contributed by atoms with Gasteiger partial charge in [-0.1, -0.05) is 0 Å². The molecule has 1 heterocycles. The van der Waals surface area contributed by atoms with Crippen molar-refractivity contribution < 1.29 is 18.7 Å². The van der Waals surface area contributed by atoms with Gasteiger partial charge in [-0.25, -0.2) is 13.6 Å². The number of hydrogen-bond acceptors (Lipinski definition) is 3. The second kappa shape index (κ2) is 4.31. The first-order valence-corrected chi connectivity index (χ1v) is 4.19. The SMILES string of the molecule is Cc1c(C(=O)O)cc(CN)nc1C(F)F. The molecule has 0 amide bonds. The maximum atomic E-state index is 12.5. The third-order valence-corrected chi connectivity index (χ3v) is 2.01. The Bertz CT molecular complexity index is 394. The lowest BCUT2D eigenvalue weighted by Gasteiger charge is -2.09. The largest absolute Gasteiger partial charge is 0.478 e. The number of nitrogens with two attached hydrogens (primary N) is 1. The molecule has 0 aliphatic heterocycles. The summed E-state index contributed by atoms with van der Waals surface area (Å²) in [6.07, 6.45) is -2.80. The molecule has 82 valence electrons. The summed E-state index contributed by atoms with van der Waals surface area (Å²) in [7, 11) is 0. The highest BCUT2D eigenvalue weighted by atomic mass is 19.3. The molecule has 0 spiro atoms. The van der Waals surface area contributed by atoms with Gasteiger partial charge >= 0.3 is 5.97 Å². The van der Waals surface area contributed by atoms with Crippen molar-refractivity contribution in [3.05, 3.63) is 28.6 Å². The molecule has 0 radical (unpaired) electrons. The molecule has 0 fully saturated rings. The van der Waals surface area contributed by atoms with Crippen molar-refractivity contribution in [2.45, 2.75) is 19.9 Å². The zero-order valence-electron chi connectivity index (χ0n) is 8.00. The van der Waals surface area contributed by atoms with Crippen LogP contribution >= 0.6 is 0 Å². The average molecular weight is 216 g/mol. The number of nitrogens with zero attached hydrogens (tertiary/aromatic N) is 1.